The molecule has 1 aliphatic rings. The fourth-order valence-electron chi connectivity index (χ4n) is 2.92. The van der Waals surface area contributed by atoms with E-state index in [1.807, 2.05) is 12.1 Å². The van der Waals surface area contributed by atoms with Gasteiger partial charge in [0.2, 0.25) is 0 Å². The van der Waals surface area contributed by atoms with Gasteiger partial charge in [-0.3, -0.25) is 0 Å². The van der Waals surface area contributed by atoms with Gasteiger partial charge in [0.25, 0.3) is 0 Å². The van der Waals surface area contributed by atoms with Crippen LogP contribution in [0, 0.1) is 6.92 Å². The number of hydrogen-bond acceptors (Lipinski definition) is 3. The summed E-state index contributed by atoms with van der Waals surface area (Å²) in [7, 11) is 0. The van der Waals surface area contributed by atoms with Crippen LogP contribution < -0.4 is 0 Å². The fourth-order valence-corrected chi connectivity index (χ4v) is 2.92. The summed E-state index contributed by atoms with van der Waals surface area (Å²) in [5, 5.41) is 13.8. The van der Waals surface area contributed by atoms with Crippen molar-refractivity contribution in [1.82, 2.24) is 14.6 Å². The minimum atomic E-state index is -0.974. The van der Waals surface area contributed by atoms with E-state index in [9.17, 15) is 9.90 Å². The van der Waals surface area contributed by atoms with Crippen LogP contribution in [0.2, 0.25) is 0 Å². The van der Waals surface area contributed by atoms with Gasteiger partial charge in [-0.05, 0) is 31.9 Å². The predicted octanol–water partition coefficient (Wildman–Crippen LogP) is 2.78. The van der Waals surface area contributed by atoms with Crippen LogP contribution in [0.5, 0.6) is 0 Å². The molecule has 19 heavy (non-hydrogen) atoms. The molecule has 5 heteroatoms. The van der Waals surface area contributed by atoms with Crippen LogP contribution >= 0.6 is 0 Å². The van der Waals surface area contributed by atoms with E-state index < -0.39 is 5.97 Å². The minimum Gasteiger partial charge on any atom is -0.476 e. The third kappa shape index (κ3) is 2.09. The quantitative estimate of drug-likeness (QED) is 0.900. The van der Waals surface area contributed by atoms with Gasteiger partial charge in [0.05, 0.1) is 11.4 Å². The van der Waals surface area contributed by atoms with Crippen molar-refractivity contribution in [2.45, 2.75) is 44.9 Å². The maximum Gasteiger partial charge on any atom is 0.356 e. The Balaban J connectivity index is 2.08. The summed E-state index contributed by atoms with van der Waals surface area (Å²) in [4.78, 5) is 15.5. The fraction of sp³-hybridized carbons (Fsp3) is 0.500. The first-order chi connectivity index (χ1) is 9.16. The van der Waals surface area contributed by atoms with Crippen molar-refractivity contribution in [3.63, 3.8) is 0 Å². The van der Waals surface area contributed by atoms with E-state index in [1.54, 1.807) is 6.92 Å². The first kappa shape index (κ1) is 12.1. The molecular weight excluding hydrogens is 242 g/mol. The van der Waals surface area contributed by atoms with Crippen LogP contribution in [-0.4, -0.2) is 25.7 Å². The number of carboxylic acids is 1. The van der Waals surface area contributed by atoms with E-state index in [0.717, 1.165) is 18.5 Å². The molecule has 0 spiro atoms. The molecule has 100 valence electrons. The smallest absolute Gasteiger partial charge is 0.356 e. The molecule has 0 aromatic carbocycles. The van der Waals surface area contributed by atoms with Crippen molar-refractivity contribution >= 4 is 11.6 Å². The lowest BCUT2D eigenvalue weighted by Crippen LogP contribution is -2.11. The van der Waals surface area contributed by atoms with E-state index in [-0.39, 0.29) is 5.69 Å². The van der Waals surface area contributed by atoms with E-state index in [1.165, 1.54) is 23.8 Å². The standard InChI is InChI=1S/C14H17N3O2/c1-9-13(14(18)19)17-12(15-9)8-7-11(16-17)10-5-3-2-4-6-10/h7-8,10H,2-6H2,1H3,(H,18,19). The molecular formula is C14H17N3O2. The average Bonchev–Trinajstić information content (AvgIpc) is 2.74. The Morgan fingerprint density at radius 3 is 2.74 bits per heavy atom. The number of imidazole rings is 1. The van der Waals surface area contributed by atoms with Gasteiger partial charge < -0.3 is 5.11 Å². The molecule has 0 radical (unpaired) electrons. The van der Waals surface area contributed by atoms with Gasteiger partial charge in [-0.2, -0.15) is 5.10 Å². The SMILES string of the molecule is Cc1nc2ccc(C3CCCCC3)nn2c1C(=O)O. The third-order valence-corrected chi connectivity index (χ3v) is 3.90. The molecule has 2 aromatic rings. The van der Waals surface area contributed by atoms with Crippen molar-refractivity contribution in [1.29, 1.82) is 0 Å². The molecule has 0 atom stereocenters. The Hall–Kier alpha value is -1.91. The number of aromatic carboxylic acids is 1. The lowest BCUT2D eigenvalue weighted by Gasteiger charge is -2.20. The summed E-state index contributed by atoms with van der Waals surface area (Å²) in [6, 6.07) is 3.86. The second-order valence-corrected chi connectivity index (χ2v) is 5.21. The Morgan fingerprint density at radius 1 is 1.32 bits per heavy atom. The summed E-state index contributed by atoms with van der Waals surface area (Å²) in [6.45, 7) is 1.71. The van der Waals surface area contributed by atoms with Crippen LogP contribution in [0.3, 0.4) is 0 Å². The summed E-state index contributed by atoms with van der Waals surface area (Å²) in [5.74, 6) is -0.513. The van der Waals surface area contributed by atoms with Gasteiger partial charge in [-0.1, -0.05) is 19.3 Å². The highest BCUT2D eigenvalue weighted by atomic mass is 16.4. The highest BCUT2D eigenvalue weighted by Crippen LogP contribution is 2.31. The van der Waals surface area contributed by atoms with Crippen LogP contribution in [0.1, 0.15) is 59.9 Å². The molecule has 0 unspecified atom stereocenters. The average molecular weight is 259 g/mol. The zero-order chi connectivity index (χ0) is 13.4. The van der Waals surface area contributed by atoms with Gasteiger partial charge in [0, 0.05) is 5.92 Å². The molecule has 1 N–H and O–H groups in total. The van der Waals surface area contributed by atoms with E-state index >= 15 is 0 Å². The summed E-state index contributed by atoms with van der Waals surface area (Å²) >= 11 is 0. The first-order valence-corrected chi connectivity index (χ1v) is 6.76. The Kier molecular flexibility index (Phi) is 2.97. The van der Waals surface area contributed by atoms with Crippen molar-refractivity contribution in [2.24, 2.45) is 0 Å². The number of carboxylic acid groups (broad SMARTS) is 1. The first-order valence-electron chi connectivity index (χ1n) is 6.76. The lowest BCUT2D eigenvalue weighted by molar-refractivity contribution is 0.0687. The molecule has 0 amide bonds. The van der Waals surface area contributed by atoms with Gasteiger partial charge >= 0.3 is 5.97 Å². The van der Waals surface area contributed by atoms with Crippen LogP contribution in [0.15, 0.2) is 12.1 Å². The number of fused-ring (bicyclic) bond motifs is 1. The summed E-state index contributed by atoms with van der Waals surface area (Å²) < 4.78 is 1.47. The second kappa shape index (κ2) is 4.64. The van der Waals surface area contributed by atoms with Gasteiger partial charge in [-0.15, -0.1) is 0 Å². The van der Waals surface area contributed by atoms with Gasteiger partial charge in [-0.25, -0.2) is 14.3 Å². The van der Waals surface area contributed by atoms with Crippen molar-refractivity contribution in [2.75, 3.05) is 0 Å². The molecule has 0 bridgehead atoms. The van der Waals surface area contributed by atoms with E-state index in [0.29, 0.717) is 17.3 Å². The normalized spacial score (nSPS) is 16.9. The molecule has 5 nitrogen and oxygen atoms in total. The number of carbonyl (C=O) groups is 1. The zero-order valence-electron chi connectivity index (χ0n) is 11.0. The Labute approximate surface area is 111 Å². The van der Waals surface area contributed by atoms with Crippen LogP contribution in [0.25, 0.3) is 5.65 Å². The van der Waals surface area contributed by atoms with Crippen LogP contribution in [0.4, 0.5) is 0 Å². The molecule has 3 rings (SSSR count). The lowest BCUT2D eigenvalue weighted by atomic mass is 9.87. The molecule has 1 aliphatic carbocycles. The molecule has 2 aromatic heterocycles. The van der Waals surface area contributed by atoms with Gasteiger partial charge in [0.15, 0.2) is 11.3 Å². The van der Waals surface area contributed by atoms with Gasteiger partial charge in [0.1, 0.15) is 0 Å². The number of rotatable bonds is 2. The largest absolute Gasteiger partial charge is 0.476 e. The van der Waals surface area contributed by atoms with E-state index in [4.69, 9.17) is 0 Å². The monoisotopic (exact) mass is 259 g/mol. The number of aryl methyl sites for hydroxylation is 1. The maximum absolute atomic E-state index is 11.3. The van der Waals surface area contributed by atoms with Crippen molar-refractivity contribution in [3.8, 4) is 0 Å². The third-order valence-electron chi connectivity index (χ3n) is 3.90. The summed E-state index contributed by atoms with van der Waals surface area (Å²) in [6.07, 6.45) is 6.06. The summed E-state index contributed by atoms with van der Waals surface area (Å²) in [5.41, 5.74) is 2.29. The van der Waals surface area contributed by atoms with Crippen molar-refractivity contribution in [3.05, 3.63) is 29.2 Å². The molecule has 1 saturated carbocycles. The van der Waals surface area contributed by atoms with Crippen LogP contribution in [-0.2, 0) is 0 Å². The minimum absolute atomic E-state index is 0.174. The topological polar surface area (TPSA) is 67.5 Å². The molecule has 1 fully saturated rings. The maximum atomic E-state index is 11.3. The molecule has 0 saturated heterocycles. The highest BCUT2D eigenvalue weighted by Gasteiger charge is 2.20. The highest BCUT2D eigenvalue weighted by molar-refractivity contribution is 5.88. The second-order valence-electron chi connectivity index (χ2n) is 5.21. The zero-order valence-corrected chi connectivity index (χ0v) is 11.0. The molecule has 0 aliphatic heterocycles. The molecule has 2 heterocycles. The van der Waals surface area contributed by atoms with Crippen molar-refractivity contribution < 1.29 is 9.90 Å². The Morgan fingerprint density at radius 2 is 2.05 bits per heavy atom. The number of hydrogen-bond donors (Lipinski definition) is 1. The number of nitrogens with zero attached hydrogens (tertiary/aromatic N) is 3. The van der Waals surface area contributed by atoms with E-state index in [2.05, 4.69) is 10.1 Å². The Bertz CT molecular complexity index is 627. The predicted molar refractivity (Wildman–Crippen MR) is 70.5 cm³/mol. The number of aromatic nitrogens is 3.